The van der Waals surface area contributed by atoms with E-state index in [2.05, 4.69) is 10.2 Å². The Labute approximate surface area is 168 Å². The lowest BCUT2D eigenvalue weighted by molar-refractivity contribution is -0.144. The van der Waals surface area contributed by atoms with Gasteiger partial charge in [-0.05, 0) is 42.0 Å². The normalized spacial score (nSPS) is 15.6. The number of carbonyl (C=O) groups excluding carboxylic acids is 2. The van der Waals surface area contributed by atoms with E-state index in [0.29, 0.717) is 37.4 Å². The molecule has 148 valence electrons. The third-order valence-corrected chi connectivity index (χ3v) is 4.97. The van der Waals surface area contributed by atoms with Crippen LogP contribution in [0.25, 0.3) is 0 Å². The summed E-state index contributed by atoms with van der Waals surface area (Å²) in [4.78, 5) is 28.5. The highest BCUT2D eigenvalue weighted by Crippen LogP contribution is 2.32. The lowest BCUT2D eigenvalue weighted by Gasteiger charge is -2.34. The highest BCUT2D eigenvalue weighted by Gasteiger charge is 2.26. The molecule has 0 aliphatic carbocycles. The van der Waals surface area contributed by atoms with Crippen molar-refractivity contribution in [2.24, 2.45) is 0 Å². The third kappa shape index (κ3) is 4.31. The minimum Gasteiger partial charge on any atom is -0.454 e. The number of fused-ring (bicyclic) bond motifs is 1. The van der Waals surface area contributed by atoms with Gasteiger partial charge in [-0.15, -0.1) is 0 Å². The Kier molecular flexibility index (Phi) is 5.31. The molecule has 0 unspecified atom stereocenters. The molecule has 29 heavy (non-hydrogen) atoms. The molecule has 1 N–H and O–H groups in total. The van der Waals surface area contributed by atoms with Crippen molar-refractivity contribution in [3.63, 3.8) is 0 Å². The Balaban J connectivity index is 1.27. The summed E-state index contributed by atoms with van der Waals surface area (Å²) >= 11 is 0. The number of amides is 2. The Hall–Kier alpha value is -3.57. The highest BCUT2D eigenvalue weighted by molar-refractivity contribution is 6.39. The fourth-order valence-electron chi connectivity index (χ4n) is 3.36. The van der Waals surface area contributed by atoms with Crippen molar-refractivity contribution in [3.8, 4) is 17.6 Å². The molecule has 0 aromatic heterocycles. The van der Waals surface area contributed by atoms with E-state index < -0.39 is 11.8 Å². The first-order valence-electron chi connectivity index (χ1n) is 9.34. The summed E-state index contributed by atoms with van der Waals surface area (Å²) in [7, 11) is 0. The first-order valence-corrected chi connectivity index (χ1v) is 9.34. The number of carbonyl (C=O) groups is 2. The maximum Gasteiger partial charge on any atom is 0.313 e. The SMILES string of the molecule is N#Cc1ccc(NC(=O)C(=O)N2CCN(Cc3ccc4c(c3)OCO4)CC2)cc1. The van der Waals surface area contributed by atoms with Crippen LogP contribution >= 0.6 is 0 Å². The molecule has 0 radical (unpaired) electrons. The Morgan fingerprint density at radius 2 is 1.72 bits per heavy atom. The summed E-state index contributed by atoms with van der Waals surface area (Å²) < 4.78 is 10.7. The lowest BCUT2D eigenvalue weighted by Crippen LogP contribution is -2.51. The number of nitrogens with one attached hydrogen (secondary N) is 1. The number of hydrogen-bond acceptors (Lipinski definition) is 6. The maximum atomic E-state index is 12.4. The van der Waals surface area contributed by atoms with Gasteiger partial charge in [-0.2, -0.15) is 5.26 Å². The van der Waals surface area contributed by atoms with E-state index in [1.165, 1.54) is 0 Å². The standard InChI is InChI=1S/C21H20N4O4/c22-12-15-1-4-17(5-2-15)23-20(26)21(27)25-9-7-24(8-10-25)13-16-3-6-18-19(11-16)29-14-28-18/h1-6,11H,7-10,13-14H2,(H,23,26). The molecule has 0 saturated carbocycles. The summed E-state index contributed by atoms with van der Waals surface area (Å²) in [6.07, 6.45) is 0. The van der Waals surface area contributed by atoms with Crippen LogP contribution in [0.1, 0.15) is 11.1 Å². The van der Waals surface area contributed by atoms with Gasteiger partial charge in [-0.1, -0.05) is 6.07 Å². The van der Waals surface area contributed by atoms with Crippen molar-refractivity contribution in [2.75, 3.05) is 38.3 Å². The fraction of sp³-hybridized carbons (Fsp3) is 0.286. The molecular formula is C21H20N4O4. The number of nitriles is 1. The summed E-state index contributed by atoms with van der Waals surface area (Å²) in [5, 5.41) is 11.4. The van der Waals surface area contributed by atoms with Crippen molar-refractivity contribution in [3.05, 3.63) is 53.6 Å². The van der Waals surface area contributed by atoms with Gasteiger partial charge in [0.05, 0.1) is 11.6 Å². The molecule has 2 aliphatic heterocycles. The number of rotatable bonds is 3. The van der Waals surface area contributed by atoms with Gasteiger partial charge in [0.2, 0.25) is 6.79 Å². The van der Waals surface area contributed by atoms with Crippen molar-refractivity contribution in [1.29, 1.82) is 5.26 Å². The van der Waals surface area contributed by atoms with Crippen LogP contribution < -0.4 is 14.8 Å². The zero-order valence-corrected chi connectivity index (χ0v) is 15.8. The predicted octanol–water partition coefficient (Wildman–Crippen LogP) is 1.57. The summed E-state index contributed by atoms with van der Waals surface area (Å²) in [6.45, 7) is 3.35. The monoisotopic (exact) mass is 392 g/mol. The summed E-state index contributed by atoms with van der Waals surface area (Å²) in [5.74, 6) is 0.309. The van der Waals surface area contributed by atoms with Crippen LogP contribution in [0.2, 0.25) is 0 Å². The molecule has 0 atom stereocenters. The number of hydrogen-bond donors (Lipinski definition) is 1. The lowest BCUT2D eigenvalue weighted by atomic mass is 10.1. The van der Waals surface area contributed by atoms with Crippen LogP contribution in [0.5, 0.6) is 11.5 Å². The van der Waals surface area contributed by atoms with Crippen LogP contribution in [0.4, 0.5) is 5.69 Å². The van der Waals surface area contributed by atoms with Gasteiger partial charge < -0.3 is 19.7 Å². The molecule has 2 heterocycles. The minimum atomic E-state index is -0.668. The molecule has 8 nitrogen and oxygen atoms in total. The van der Waals surface area contributed by atoms with Gasteiger partial charge in [-0.3, -0.25) is 14.5 Å². The van der Waals surface area contributed by atoms with Crippen LogP contribution in [-0.2, 0) is 16.1 Å². The summed E-state index contributed by atoms with van der Waals surface area (Å²) in [6, 6.07) is 14.3. The number of piperazine rings is 1. The molecule has 2 aromatic rings. The molecule has 1 saturated heterocycles. The molecule has 2 aromatic carbocycles. The molecule has 4 rings (SSSR count). The van der Waals surface area contributed by atoms with Gasteiger partial charge in [0.15, 0.2) is 11.5 Å². The van der Waals surface area contributed by atoms with Gasteiger partial charge >= 0.3 is 11.8 Å². The Morgan fingerprint density at radius 3 is 2.45 bits per heavy atom. The van der Waals surface area contributed by atoms with Crippen molar-refractivity contribution < 1.29 is 19.1 Å². The third-order valence-electron chi connectivity index (χ3n) is 4.97. The second-order valence-electron chi connectivity index (χ2n) is 6.90. The number of ether oxygens (including phenoxy) is 2. The van der Waals surface area contributed by atoms with Gasteiger partial charge in [0.1, 0.15) is 0 Å². The van der Waals surface area contributed by atoms with Gasteiger partial charge in [0, 0.05) is 38.4 Å². The molecule has 0 bridgehead atoms. The number of anilines is 1. The quantitative estimate of drug-likeness (QED) is 0.797. The molecule has 8 heteroatoms. The molecule has 1 fully saturated rings. The average Bonchev–Trinajstić information content (AvgIpc) is 3.22. The molecule has 2 amide bonds. The number of nitrogens with zero attached hydrogens (tertiary/aromatic N) is 3. The zero-order chi connectivity index (χ0) is 20.2. The highest BCUT2D eigenvalue weighted by atomic mass is 16.7. The number of benzene rings is 2. The van der Waals surface area contributed by atoms with E-state index in [9.17, 15) is 9.59 Å². The predicted molar refractivity (Wildman–Crippen MR) is 104 cm³/mol. The largest absolute Gasteiger partial charge is 0.454 e. The van der Waals surface area contributed by atoms with Crippen molar-refractivity contribution >= 4 is 17.5 Å². The van der Waals surface area contributed by atoms with E-state index in [-0.39, 0.29) is 6.79 Å². The van der Waals surface area contributed by atoms with E-state index >= 15 is 0 Å². The van der Waals surface area contributed by atoms with Crippen LogP contribution in [0.3, 0.4) is 0 Å². The van der Waals surface area contributed by atoms with Gasteiger partial charge in [-0.25, -0.2) is 0 Å². The smallest absolute Gasteiger partial charge is 0.313 e. The first-order chi connectivity index (χ1) is 14.1. The fourth-order valence-corrected chi connectivity index (χ4v) is 3.36. The molecule has 0 spiro atoms. The molecular weight excluding hydrogens is 372 g/mol. The Bertz CT molecular complexity index is 960. The van der Waals surface area contributed by atoms with Crippen molar-refractivity contribution in [2.45, 2.75) is 6.54 Å². The second kappa shape index (κ2) is 8.20. The zero-order valence-electron chi connectivity index (χ0n) is 15.8. The summed E-state index contributed by atoms with van der Waals surface area (Å²) in [5.41, 5.74) is 2.10. The second-order valence-corrected chi connectivity index (χ2v) is 6.90. The van der Waals surface area contributed by atoms with E-state index in [4.69, 9.17) is 14.7 Å². The van der Waals surface area contributed by atoms with Crippen LogP contribution in [0, 0.1) is 11.3 Å². The topological polar surface area (TPSA) is 94.9 Å². The molecule has 2 aliphatic rings. The average molecular weight is 392 g/mol. The maximum absolute atomic E-state index is 12.4. The first kappa shape index (κ1) is 18.8. The van der Waals surface area contributed by atoms with Crippen LogP contribution in [-0.4, -0.2) is 54.6 Å². The van der Waals surface area contributed by atoms with E-state index in [0.717, 1.165) is 23.6 Å². The Morgan fingerprint density at radius 1 is 1.00 bits per heavy atom. The van der Waals surface area contributed by atoms with E-state index in [1.807, 2.05) is 24.3 Å². The van der Waals surface area contributed by atoms with Gasteiger partial charge in [0.25, 0.3) is 0 Å². The van der Waals surface area contributed by atoms with E-state index in [1.54, 1.807) is 29.2 Å². The van der Waals surface area contributed by atoms with Crippen molar-refractivity contribution in [1.82, 2.24) is 9.80 Å². The minimum absolute atomic E-state index is 0.254. The van der Waals surface area contributed by atoms with Crippen LogP contribution in [0.15, 0.2) is 42.5 Å².